The molecule has 0 saturated carbocycles. The number of nitrogen functional groups attached to an aromatic ring is 1. The van der Waals surface area contributed by atoms with Gasteiger partial charge >= 0.3 is 5.91 Å². The van der Waals surface area contributed by atoms with Crippen LogP contribution in [0.15, 0.2) is 34.7 Å². The van der Waals surface area contributed by atoms with Crippen LogP contribution < -0.4 is 11.3 Å². The first-order valence-electron chi connectivity index (χ1n) is 6.53. The van der Waals surface area contributed by atoms with Crippen LogP contribution in [-0.2, 0) is 13.1 Å². The number of hydrogen-bond donors (Lipinski definition) is 2. The third-order valence-electron chi connectivity index (χ3n) is 3.21. The van der Waals surface area contributed by atoms with Crippen molar-refractivity contribution in [2.75, 3.05) is 7.05 Å². The van der Waals surface area contributed by atoms with E-state index in [0.29, 0.717) is 18.8 Å². The molecule has 6 heteroatoms. The van der Waals surface area contributed by atoms with E-state index >= 15 is 0 Å². The minimum absolute atomic E-state index is 0.219. The van der Waals surface area contributed by atoms with E-state index in [1.165, 1.54) is 0 Å². The van der Waals surface area contributed by atoms with Gasteiger partial charge in [-0.25, -0.2) is 5.84 Å². The molecule has 21 heavy (non-hydrogen) atoms. The summed E-state index contributed by atoms with van der Waals surface area (Å²) >= 11 is 6.16. The summed E-state index contributed by atoms with van der Waals surface area (Å²) in [6.45, 7) is 3.19. The second kappa shape index (κ2) is 6.76. The Kier molecular flexibility index (Phi) is 5.01. The van der Waals surface area contributed by atoms with Gasteiger partial charge in [-0.05, 0) is 31.7 Å². The van der Waals surface area contributed by atoms with Crippen LogP contribution in [-0.4, -0.2) is 17.9 Å². The van der Waals surface area contributed by atoms with Crippen molar-refractivity contribution in [2.24, 2.45) is 5.84 Å². The smallest absolute Gasteiger partial charge is 0.300 e. The molecule has 0 atom stereocenters. The number of hydrogen-bond acceptors (Lipinski definition) is 4. The molecule has 5 nitrogen and oxygen atoms in total. The molecule has 2 aromatic rings. The van der Waals surface area contributed by atoms with Crippen LogP contribution >= 0.6 is 11.6 Å². The van der Waals surface area contributed by atoms with Gasteiger partial charge in [0.15, 0.2) is 5.76 Å². The number of carbonyl (C=O) groups is 1. The fourth-order valence-electron chi connectivity index (χ4n) is 2.12. The molecule has 0 spiro atoms. The normalized spacial score (nSPS) is 10.9. The summed E-state index contributed by atoms with van der Waals surface area (Å²) < 4.78 is 5.40. The minimum atomic E-state index is -0.432. The molecular weight excluding hydrogens is 290 g/mol. The SMILES string of the molecule is Cc1oc(C(=O)NN)cc1CN(C)Cc1ccccc1Cl. The van der Waals surface area contributed by atoms with E-state index in [4.69, 9.17) is 21.9 Å². The lowest BCUT2D eigenvalue weighted by Crippen LogP contribution is -2.29. The van der Waals surface area contributed by atoms with Gasteiger partial charge in [0.1, 0.15) is 5.76 Å². The average Bonchev–Trinajstić information content (AvgIpc) is 2.82. The van der Waals surface area contributed by atoms with Crippen molar-refractivity contribution in [2.45, 2.75) is 20.0 Å². The summed E-state index contributed by atoms with van der Waals surface area (Å²) in [7, 11) is 1.98. The second-order valence-electron chi connectivity index (χ2n) is 4.93. The lowest BCUT2D eigenvalue weighted by Gasteiger charge is -2.17. The molecule has 1 heterocycles. The number of halogens is 1. The first kappa shape index (κ1) is 15.6. The average molecular weight is 308 g/mol. The Morgan fingerprint density at radius 3 is 2.67 bits per heavy atom. The number of nitrogens with zero attached hydrogens (tertiary/aromatic N) is 1. The fraction of sp³-hybridized carbons (Fsp3) is 0.267. The molecule has 1 aromatic carbocycles. The molecule has 0 aliphatic carbocycles. The van der Waals surface area contributed by atoms with Crippen LogP contribution in [0.25, 0.3) is 0 Å². The predicted octanol–water partition coefficient (Wildman–Crippen LogP) is 2.48. The zero-order valence-electron chi connectivity index (χ0n) is 12.0. The Morgan fingerprint density at radius 1 is 1.33 bits per heavy atom. The molecule has 0 unspecified atom stereocenters. The molecule has 112 valence electrons. The van der Waals surface area contributed by atoms with E-state index in [2.05, 4.69) is 10.3 Å². The summed E-state index contributed by atoms with van der Waals surface area (Å²) in [5, 5.41) is 0.747. The maximum absolute atomic E-state index is 11.4. The van der Waals surface area contributed by atoms with Crippen LogP contribution in [0.5, 0.6) is 0 Å². The van der Waals surface area contributed by atoms with Crippen molar-refractivity contribution in [3.8, 4) is 0 Å². The Morgan fingerprint density at radius 2 is 2.00 bits per heavy atom. The third kappa shape index (κ3) is 3.85. The minimum Gasteiger partial charge on any atom is -0.456 e. The van der Waals surface area contributed by atoms with E-state index in [-0.39, 0.29) is 5.76 Å². The highest BCUT2D eigenvalue weighted by Crippen LogP contribution is 2.20. The summed E-state index contributed by atoms with van der Waals surface area (Å²) in [6.07, 6.45) is 0. The van der Waals surface area contributed by atoms with Crippen molar-refractivity contribution in [3.05, 3.63) is 58.0 Å². The molecule has 0 radical (unpaired) electrons. The summed E-state index contributed by atoms with van der Waals surface area (Å²) in [5.41, 5.74) is 4.06. The van der Waals surface area contributed by atoms with Crippen LogP contribution in [0.2, 0.25) is 5.02 Å². The molecule has 0 saturated heterocycles. The molecule has 0 aliphatic rings. The van der Waals surface area contributed by atoms with E-state index in [1.54, 1.807) is 6.07 Å². The molecule has 3 N–H and O–H groups in total. The first-order valence-corrected chi connectivity index (χ1v) is 6.91. The predicted molar refractivity (Wildman–Crippen MR) is 81.7 cm³/mol. The van der Waals surface area contributed by atoms with Crippen molar-refractivity contribution in [1.82, 2.24) is 10.3 Å². The Balaban J connectivity index is 2.06. The molecule has 0 bridgehead atoms. The van der Waals surface area contributed by atoms with Crippen molar-refractivity contribution >= 4 is 17.5 Å². The van der Waals surface area contributed by atoms with Crippen LogP contribution in [0.4, 0.5) is 0 Å². The van der Waals surface area contributed by atoms with Gasteiger partial charge in [0.05, 0.1) is 0 Å². The van der Waals surface area contributed by atoms with Gasteiger partial charge in [-0.15, -0.1) is 0 Å². The number of nitrogens with two attached hydrogens (primary N) is 1. The van der Waals surface area contributed by atoms with Crippen molar-refractivity contribution in [3.63, 3.8) is 0 Å². The Hall–Kier alpha value is -1.82. The van der Waals surface area contributed by atoms with E-state index in [0.717, 1.165) is 16.1 Å². The monoisotopic (exact) mass is 307 g/mol. The molecule has 0 aliphatic heterocycles. The maximum Gasteiger partial charge on any atom is 0.300 e. The van der Waals surface area contributed by atoms with Gasteiger partial charge in [-0.1, -0.05) is 29.8 Å². The van der Waals surface area contributed by atoms with Gasteiger partial charge in [0, 0.05) is 23.7 Å². The fourth-order valence-corrected chi connectivity index (χ4v) is 2.32. The number of furan rings is 1. The quantitative estimate of drug-likeness (QED) is 0.506. The lowest BCUT2D eigenvalue weighted by molar-refractivity contribution is 0.0924. The molecule has 1 amide bonds. The number of benzene rings is 1. The molecule has 1 aromatic heterocycles. The van der Waals surface area contributed by atoms with Crippen LogP contribution in [0.1, 0.15) is 27.4 Å². The Labute approximate surface area is 128 Å². The molecular formula is C15H18ClN3O2. The number of amides is 1. The van der Waals surface area contributed by atoms with E-state index in [9.17, 15) is 4.79 Å². The number of aryl methyl sites for hydroxylation is 1. The highest BCUT2D eigenvalue weighted by Gasteiger charge is 2.15. The number of nitrogens with one attached hydrogen (secondary N) is 1. The first-order chi connectivity index (χ1) is 10.0. The topological polar surface area (TPSA) is 71.5 Å². The van der Waals surface area contributed by atoms with Gasteiger partial charge in [0.2, 0.25) is 0 Å². The lowest BCUT2D eigenvalue weighted by atomic mass is 10.2. The number of hydrazine groups is 1. The largest absolute Gasteiger partial charge is 0.456 e. The standard InChI is InChI=1S/C15H18ClN3O2/c1-10-12(7-14(21-10)15(20)18-17)9-19(2)8-11-5-3-4-6-13(11)16/h3-7H,8-9,17H2,1-2H3,(H,18,20). The van der Waals surface area contributed by atoms with Crippen LogP contribution in [0, 0.1) is 6.92 Å². The van der Waals surface area contributed by atoms with Crippen molar-refractivity contribution in [1.29, 1.82) is 0 Å². The van der Waals surface area contributed by atoms with Gasteiger partial charge < -0.3 is 4.42 Å². The van der Waals surface area contributed by atoms with Gasteiger partial charge in [0.25, 0.3) is 0 Å². The molecule has 2 rings (SSSR count). The number of carbonyl (C=O) groups excluding carboxylic acids is 1. The zero-order chi connectivity index (χ0) is 15.4. The zero-order valence-corrected chi connectivity index (χ0v) is 12.8. The highest BCUT2D eigenvalue weighted by atomic mass is 35.5. The van der Waals surface area contributed by atoms with Gasteiger partial charge in [-0.2, -0.15) is 0 Å². The van der Waals surface area contributed by atoms with Crippen molar-refractivity contribution < 1.29 is 9.21 Å². The maximum atomic E-state index is 11.4. The summed E-state index contributed by atoms with van der Waals surface area (Å²) in [6, 6.07) is 9.44. The third-order valence-corrected chi connectivity index (χ3v) is 3.58. The Bertz CT molecular complexity index is 640. The number of rotatable bonds is 5. The molecule has 0 fully saturated rings. The van der Waals surface area contributed by atoms with E-state index in [1.807, 2.05) is 38.2 Å². The highest BCUT2D eigenvalue weighted by molar-refractivity contribution is 6.31. The van der Waals surface area contributed by atoms with Gasteiger partial charge in [-0.3, -0.25) is 15.1 Å². The summed E-state index contributed by atoms with van der Waals surface area (Å²) in [4.78, 5) is 13.5. The van der Waals surface area contributed by atoms with E-state index < -0.39 is 5.91 Å². The van der Waals surface area contributed by atoms with Crippen LogP contribution in [0.3, 0.4) is 0 Å². The second-order valence-corrected chi connectivity index (χ2v) is 5.34. The summed E-state index contributed by atoms with van der Waals surface area (Å²) in [5.74, 6) is 5.59.